The minimum atomic E-state index is -0.607. The van der Waals surface area contributed by atoms with E-state index in [9.17, 15) is 13.6 Å². The maximum absolute atomic E-state index is 13.8. The molecule has 4 nitrogen and oxygen atoms in total. The Balaban J connectivity index is 0.00000242. The minimum absolute atomic E-state index is 0. The van der Waals surface area contributed by atoms with E-state index in [1.165, 1.54) is 12.1 Å². The van der Waals surface area contributed by atoms with Crippen LogP contribution >= 0.6 is 12.4 Å². The number of halogens is 3. The van der Waals surface area contributed by atoms with E-state index < -0.39 is 11.6 Å². The molecule has 1 heterocycles. The Labute approximate surface area is 135 Å². The molecular weight excluding hydrogens is 312 g/mol. The Hall–Kier alpha value is -1.24. The third-order valence-corrected chi connectivity index (χ3v) is 3.64. The van der Waals surface area contributed by atoms with Gasteiger partial charge in [0.25, 0.3) is 0 Å². The molecular formula is C15H22ClF2N3O. The smallest absolute Gasteiger partial charge is 0.228 e. The Bertz CT molecular complexity index is 510. The summed E-state index contributed by atoms with van der Waals surface area (Å²) in [5, 5.41) is 3.06. The van der Waals surface area contributed by atoms with Crippen LogP contribution in [0.1, 0.15) is 5.56 Å². The number of benzene rings is 1. The predicted molar refractivity (Wildman–Crippen MR) is 83.9 cm³/mol. The van der Waals surface area contributed by atoms with Gasteiger partial charge in [0.15, 0.2) is 0 Å². The lowest BCUT2D eigenvalue weighted by molar-refractivity contribution is -0.137. The van der Waals surface area contributed by atoms with Crippen molar-refractivity contribution in [1.82, 2.24) is 15.1 Å². The lowest BCUT2D eigenvalue weighted by Gasteiger charge is -2.33. The topological polar surface area (TPSA) is 35.6 Å². The molecule has 0 saturated carbocycles. The molecule has 0 unspecified atom stereocenters. The summed E-state index contributed by atoms with van der Waals surface area (Å²) in [6.45, 7) is 2.75. The minimum Gasteiger partial charge on any atom is -0.337 e. The van der Waals surface area contributed by atoms with Crippen molar-refractivity contribution in [2.45, 2.75) is 6.54 Å². The molecule has 22 heavy (non-hydrogen) atoms. The fraction of sp³-hybridized carbons (Fsp3) is 0.533. The summed E-state index contributed by atoms with van der Waals surface area (Å²) >= 11 is 0. The first-order valence-corrected chi connectivity index (χ1v) is 7.05. The quantitative estimate of drug-likeness (QED) is 0.857. The van der Waals surface area contributed by atoms with E-state index in [-0.39, 0.29) is 30.8 Å². The summed E-state index contributed by atoms with van der Waals surface area (Å²) in [6.07, 6.45) is 0. The van der Waals surface area contributed by atoms with Gasteiger partial charge in [0, 0.05) is 44.4 Å². The van der Waals surface area contributed by atoms with Gasteiger partial charge >= 0.3 is 0 Å². The van der Waals surface area contributed by atoms with Crippen LogP contribution in [-0.4, -0.2) is 56.0 Å². The SMILES string of the molecule is CN(C)CCN(Cc1ccc(F)cc1F)C(=O)C1CNC1.Cl. The van der Waals surface area contributed by atoms with E-state index in [0.29, 0.717) is 31.7 Å². The monoisotopic (exact) mass is 333 g/mol. The first kappa shape index (κ1) is 18.8. The molecule has 0 bridgehead atoms. The van der Waals surface area contributed by atoms with Gasteiger partial charge in [-0.3, -0.25) is 4.79 Å². The molecule has 1 saturated heterocycles. The van der Waals surface area contributed by atoms with E-state index in [1.807, 2.05) is 19.0 Å². The molecule has 0 radical (unpaired) electrons. The normalized spacial score (nSPS) is 14.4. The number of carbonyl (C=O) groups is 1. The molecule has 1 fully saturated rings. The first-order chi connectivity index (χ1) is 9.97. The lowest BCUT2D eigenvalue weighted by Crippen LogP contribution is -2.52. The number of nitrogens with zero attached hydrogens (tertiary/aromatic N) is 2. The Morgan fingerprint density at radius 2 is 1.95 bits per heavy atom. The van der Waals surface area contributed by atoms with Gasteiger partial charge in [-0.2, -0.15) is 0 Å². The molecule has 0 spiro atoms. The van der Waals surface area contributed by atoms with E-state index in [0.717, 1.165) is 6.07 Å². The first-order valence-electron chi connectivity index (χ1n) is 7.05. The highest BCUT2D eigenvalue weighted by Crippen LogP contribution is 2.15. The molecule has 1 amide bonds. The maximum Gasteiger partial charge on any atom is 0.228 e. The number of amides is 1. The summed E-state index contributed by atoms with van der Waals surface area (Å²) in [6, 6.07) is 3.48. The van der Waals surface area contributed by atoms with Gasteiger partial charge < -0.3 is 15.1 Å². The zero-order valence-electron chi connectivity index (χ0n) is 12.8. The number of hydrogen-bond acceptors (Lipinski definition) is 3. The second kappa shape index (κ2) is 8.41. The van der Waals surface area contributed by atoms with E-state index >= 15 is 0 Å². The number of hydrogen-bond donors (Lipinski definition) is 1. The van der Waals surface area contributed by atoms with Crippen LogP contribution in [0.15, 0.2) is 18.2 Å². The number of rotatable bonds is 6. The van der Waals surface area contributed by atoms with E-state index in [2.05, 4.69) is 5.32 Å². The Kier molecular flexibility index (Phi) is 7.19. The molecule has 1 aromatic carbocycles. The van der Waals surface area contributed by atoms with Crippen molar-refractivity contribution >= 4 is 18.3 Å². The van der Waals surface area contributed by atoms with Crippen molar-refractivity contribution in [3.8, 4) is 0 Å². The van der Waals surface area contributed by atoms with Crippen molar-refractivity contribution in [3.63, 3.8) is 0 Å². The van der Waals surface area contributed by atoms with Crippen LogP contribution < -0.4 is 5.32 Å². The standard InChI is InChI=1S/C15H21F2N3O.ClH/c1-19(2)5-6-20(15(21)12-8-18-9-12)10-11-3-4-13(16)7-14(11)17;/h3-4,7,12,18H,5-6,8-10H2,1-2H3;1H. The van der Waals surface area contributed by atoms with Crippen LogP contribution in [0.25, 0.3) is 0 Å². The summed E-state index contributed by atoms with van der Waals surface area (Å²) in [5.41, 5.74) is 0.343. The fourth-order valence-electron chi connectivity index (χ4n) is 2.16. The predicted octanol–water partition coefficient (Wildman–Crippen LogP) is 1.50. The second-order valence-electron chi connectivity index (χ2n) is 5.65. The molecule has 0 aliphatic carbocycles. The third-order valence-electron chi connectivity index (χ3n) is 3.64. The van der Waals surface area contributed by atoms with Crippen molar-refractivity contribution in [3.05, 3.63) is 35.4 Å². The van der Waals surface area contributed by atoms with Gasteiger partial charge in [-0.25, -0.2) is 8.78 Å². The molecule has 1 aromatic rings. The molecule has 124 valence electrons. The van der Waals surface area contributed by atoms with E-state index in [1.54, 1.807) is 4.90 Å². The van der Waals surface area contributed by atoms with Crippen molar-refractivity contribution in [2.75, 3.05) is 40.3 Å². The summed E-state index contributed by atoms with van der Waals surface area (Å²) < 4.78 is 26.7. The molecule has 0 atom stereocenters. The van der Waals surface area contributed by atoms with Gasteiger partial charge in [-0.05, 0) is 20.2 Å². The molecule has 1 N–H and O–H groups in total. The van der Waals surface area contributed by atoms with Gasteiger partial charge in [-0.15, -0.1) is 12.4 Å². The lowest BCUT2D eigenvalue weighted by atomic mass is 10.0. The molecule has 7 heteroatoms. The average Bonchev–Trinajstić information content (AvgIpc) is 2.34. The second-order valence-corrected chi connectivity index (χ2v) is 5.65. The zero-order valence-corrected chi connectivity index (χ0v) is 13.6. The van der Waals surface area contributed by atoms with Crippen LogP contribution in [-0.2, 0) is 11.3 Å². The molecule has 1 aliphatic heterocycles. The number of carbonyl (C=O) groups excluding carboxylic acids is 1. The Morgan fingerprint density at radius 3 is 2.45 bits per heavy atom. The fourth-order valence-corrected chi connectivity index (χ4v) is 2.16. The number of likely N-dealkylation sites (N-methyl/N-ethyl adjacent to an activating group) is 1. The van der Waals surface area contributed by atoms with Crippen molar-refractivity contribution < 1.29 is 13.6 Å². The number of nitrogens with one attached hydrogen (secondary N) is 1. The summed E-state index contributed by atoms with van der Waals surface area (Å²) in [4.78, 5) is 16.0. The van der Waals surface area contributed by atoms with Crippen molar-refractivity contribution in [1.29, 1.82) is 0 Å². The molecule has 0 aromatic heterocycles. The van der Waals surface area contributed by atoms with Gasteiger partial charge in [0.1, 0.15) is 11.6 Å². The van der Waals surface area contributed by atoms with Crippen LogP contribution in [0.3, 0.4) is 0 Å². The van der Waals surface area contributed by atoms with Crippen LogP contribution in [0, 0.1) is 17.6 Å². The maximum atomic E-state index is 13.8. The van der Waals surface area contributed by atoms with Gasteiger partial charge in [0.2, 0.25) is 5.91 Å². The highest BCUT2D eigenvalue weighted by molar-refractivity contribution is 5.85. The van der Waals surface area contributed by atoms with Crippen LogP contribution in [0.2, 0.25) is 0 Å². The Morgan fingerprint density at radius 1 is 1.27 bits per heavy atom. The largest absolute Gasteiger partial charge is 0.337 e. The van der Waals surface area contributed by atoms with Crippen molar-refractivity contribution in [2.24, 2.45) is 5.92 Å². The zero-order chi connectivity index (χ0) is 15.4. The highest BCUT2D eigenvalue weighted by atomic mass is 35.5. The van der Waals surface area contributed by atoms with E-state index in [4.69, 9.17) is 0 Å². The van der Waals surface area contributed by atoms with Crippen LogP contribution in [0.4, 0.5) is 8.78 Å². The molecule has 2 rings (SSSR count). The third kappa shape index (κ3) is 4.90. The molecule has 1 aliphatic rings. The van der Waals surface area contributed by atoms with Gasteiger partial charge in [-0.1, -0.05) is 6.07 Å². The highest BCUT2D eigenvalue weighted by Gasteiger charge is 2.29. The average molecular weight is 334 g/mol. The summed E-state index contributed by atoms with van der Waals surface area (Å²) in [7, 11) is 3.85. The van der Waals surface area contributed by atoms with Crippen LogP contribution in [0.5, 0.6) is 0 Å². The van der Waals surface area contributed by atoms with Gasteiger partial charge in [0.05, 0.1) is 5.92 Å². The summed E-state index contributed by atoms with van der Waals surface area (Å²) in [5.74, 6) is -1.22.